The van der Waals surface area contributed by atoms with Crippen LogP contribution in [0.2, 0.25) is 0 Å². The molecule has 1 heterocycles. The van der Waals surface area contributed by atoms with Crippen molar-refractivity contribution in [2.75, 3.05) is 19.8 Å². The van der Waals surface area contributed by atoms with Crippen LogP contribution in [0.3, 0.4) is 0 Å². The van der Waals surface area contributed by atoms with Crippen molar-refractivity contribution < 1.29 is 29.3 Å². The Morgan fingerprint density at radius 1 is 1.14 bits per heavy atom. The predicted molar refractivity (Wildman–Crippen MR) is 142 cm³/mol. The van der Waals surface area contributed by atoms with Crippen LogP contribution in [-0.2, 0) is 20.9 Å². The lowest BCUT2D eigenvalue weighted by atomic mass is 9.87. The van der Waals surface area contributed by atoms with Crippen LogP contribution in [0.5, 0.6) is 5.75 Å². The molecule has 0 aromatic heterocycles. The smallest absolute Gasteiger partial charge is 0.252 e. The maximum atomic E-state index is 13.7. The summed E-state index contributed by atoms with van der Waals surface area (Å²) in [7, 11) is 0. The number of rotatable bonds is 9. The lowest BCUT2D eigenvalue weighted by Crippen LogP contribution is -2.56. The molecule has 0 radical (unpaired) electrons. The summed E-state index contributed by atoms with van der Waals surface area (Å²) >= 11 is 2.15. The van der Waals surface area contributed by atoms with E-state index in [0.29, 0.717) is 24.4 Å². The van der Waals surface area contributed by atoms with Gasteiger partial charge in [-0.2, -0.15) is 0 Å². The molecule has 1 saturated heterocycles. The number of nitrogens with one attached hydrogen (secondary N) is 1. The van der Waals surface area contributed by atoms with Gasteiger partial charge in [-0.3, -0.25) is 9.59 Å². The van der Waals surface area contributed by atoms with Crippen LogP contribution in [0.4, 0.5) is 0 Å². The summed E-state index contributed by atoms with van der Waals surface area (Å²) < 4.78 is 12.7. The Balaban J connectivity index is 1.67. The summed E-state index contributed by atoms with van der Waals surface area (Å²) in [6.45, 7) is 0.705. The molecule has 36 heavy (non-hydrogen) atoms. The minimum Gasteiger partial charge on any atom is -0.482 e. The summed E-state index contributed by atoms with van der Waals surface area (Å²) in [5, 5.41) is 23.4. The average Bonchev–Trinajstić information content (AvgIpc) is 3.44. The lowest BCUT2D eigenvalue weighted by Gasteiger charge is -2.41. The van der Waals surface area contributed by atoms with Gasteiger partial charge in [0.05, 0.1) is 16.2 Å². The fourth-order valence-electron chi connectivity index (χ4n) is 4.56. The van der Waals surface area contributed by atoms with E-state index in [1.54, 1.807) is 17.0 Å². The molecule has 4 rings (SSSR count). The predicted octanol–water partition coefficient (Wildman–Crippen LogP) is 2.41. The molecule has 1 aliphatic carbocycles. The number of para-hydroxylation sites is 1. The highest BCUT2D eigenvalue weighted by Crippen LogP contribution is 2.31. The standard InChI is InChI=1S/C27H31IN2O6/c28-20-9-4-5-10-22(20)36-24-16-19(26(33)29-12-13-31)15-21(25(24)32)30(17-18-7-2-1-3-8-18)27(34)23-11-6-14-35-23/h1-5,7-10,16,21,23-25,31-32H,6,11-15,17H2,(H,29,33)/t21-,23?,24+,25+/m1/s1. The molecule has 192 valence electrons. The van der Waals surface area contributed by atoms with E-state index >= 15 is 0 Å². The third-order valence-electron chi connectivity index (χ3n) is 6.40. The minimum atomic E-state index is -1.08. The number of nitrogens with zero attached hydrogens (tertiary/aromatic N) is 1. The Morgan fingerprint density at radius 2 is 1.89 bits per heavy atom. The van der Waals surface area contributed by atoms with E-state index in [4.69, 9.17) is 14.6 Å². The number of hydrogen-bond acceptors (Lipinski definition) is 6. The zero-order valence-corrected chi connectivity index (χ0v) is 22.0. The molecule has 8 nitrogen and oxygen atoms in total. The van der Waals surface area contributed by atoms with Crippen LogP contribution in [0, 0.1) is 3.57 Å². The van der Waals surface area contributed by atoms with Gasteiger partial charge in [0.1, 0.15) is 24.1 Å². The zero-order chi connectivity index (χ0) is 25.5. The molecular formula is C27H31IN2O6. The molecular weight excluding hydrogens is 575 g/mol. The van der Waals surface area contributed by atoms with Gasteiger partial charge in [0, 0.05) is 31.7 Å². The molecule has 0 saturated carbocycles. The van der Waals surface area contributed by atoms with Crippen LogP contribution >= 0.6 is 22.6 Å². The zero-order valence-electron chi connectivity index (χ0n) is 19.9. The van der Waals surface area contributed by atoms with Crippen LogP contribution in [-0.4, -0.2) is 71.0 Å². The van der Waals surface area contributed by atoms with E-state index in [2.05, 4.69) is 27.9 Å². The highest BCUT2D eigenvalue weighted by atomic mass is 127. The van der Waals surface area contributed by atoms with Gasteiger partial charge >= 0.3 is 0 Å². The highest BCUT2D eigenvalue weighted by molar-refractivity contribution is 14.1. The van der Waals surface area contributed by atoms with Gasteiger partial charge in [0.15, 0.2) is 0 Å². The van der Waals surface area contributed by atoms with Gasteiger partial charge in [-0.05, 0) is 59.2 Å². The number of amides is 2. The van der Waals surface area contributed by atoms with Crippen LogP contribution < -0.4 is 10.1 Å². The molecule has 9 heteroatoms. The van der Waals surface area contributed by atoms with Crippen LogP contribution in [0.25, 0.3) is 0 Å². The fraction of sp³-hybridized carbons (Fsp3) is 0.407. The Morgan fingerprint density at radius 3 is 2.58 bits per heavy atom. The van der Waals surface area contributed by atoms with Gasteiger partial charge in [-0.15, -0.1) is 0 Å². The Kier molecular flexibility index (Phi) is 9.35. The number of halogens is 1. The Labute approximate surface area is 224 Å². The number of carbonyl (C=O) groups is 2. The summed E-state index contributed by atoms with van der Waals surface area (Å²) in [5.41, 5.74) is 1.31. The fourth-order valence-corrected chi connectivity index (χ4v) is 5.08. The lowest BCUT2D eigenvalue weighted by molar-refractivity contribution is -0.149. The van der Waals surface area contributed by atoms with E-state index in [9.17, 15) is 14.7 Å². The van der Waals surface area contributed by atoms with Crippen molar-refractivity contribution in [1.29, 1.82) is 0 Å². The van der Waals surface area contributed by atoms with Gasteiger partial charge < -0.3 is 29.9 Å². The second kappa shape index (κ2) is 12.7. The third-order valence-corrected chi connectivity index (χ3v) is 7.29. The van der Waals surface area contributed by atoms with Crippen molar-refractivity contribution in [1.82, 2.24) is 10.2 Å². The summed E-state index contributed by atoms with van der Waals surface area (Å²) in [6.07, 6.45) is 0.677. The highest BCUT2D eigenvalue weighted by Gasteiger charge is 2.42. The average molecular weight is 606 g/mol. The monoisotopic (exact) mass is 606 g/mol. The third kappa shape index (κ3) is 6.44. The minimum absolute atomic E-state index is 0.105. The van der Waals surface area contributed by atoms with Crippen LogP contribution in [0.15, 0.2) is 66.2 Å². The maximum Gasteiger partial charge on any atom is 0.252 e. The molecule has 1 aliphatic heterocycles. The molecule has 1 fully saturated rings. The van der Waals surface area contributed by atoms with Crippen molar-refractivity contribution in [2.24, 2.45) is 0 Å². The van der Waals surface area contributed by atoms with E-state index in [1.807, 2.05) is 48.5 Å². The first kappa shape index (κ1) is 26.6. The largest absolute Gasteiger partial charge is 0.482 e. The second-order valence-corrected chi connectivity index (χ2v) is 10.1. The number of aliphatic hydroxyl groups excluding tert-OH is 2. The normalized spacial score (nSPS) is 23.6. The molecule has 4 atom stereocenters. The molecule has 2 aliphatic rings. The van der Waals surface area contributed by atoms with Gasteiger partial charge in [-0.1, -0.05) is 42.5 Å². The van der Waals surface area contributed by atoms with Crippen molar-refractivity contribution in [2.45, 2.75) is 50.2 Å². The van der Waals surface area contributed by atoms with Crippen LogP contribution in [0.1, 0.15) is 24.8 Å². The molecule has 3 N–H and O–H groups in total. The number of hydrogen-bond donors (Lipinski definition) is 3. The van der Waals surface area contributed by atoms with E-state index in [1.165, 1.54) is 0 Å². The van der Waals surface area contributed by atoms with Gasteiger partial charge in [-0.25, -0.2) is 0 Å². The number of ether oxygens (including phenoxy) is 2. The first-order valence-electron chi connectivity index (χ1n) is 12.1. The van der Waals surface area contributed by atoms with E-state index < -0.39 is 24.4 Å². The Bertz CT molecular complexity index is 1070. The van der Waals surface area contributed by atoms with Gasteiger partial charge in [0.2, 0.25) is 5.91 Å². The Hall–Kier alpha value is -2.47. The first-order chi connectivity index (χ1) is 17.5. The molecule has 2 amide bonds. The van der Waals surface area contributed by atoms with E-state index in [0.717, 1.165) is 15.6 Å². The molecule has 2 aromatic rings. The van der Waals surface area contributed by atoms with Crippen molar-refractivity contribution in [3.05, 3.63) is 75.4 Å². The van der Waals surface area contributed by atoms with Crippen molar-refractivity contribution in [3.63, 3.8) is 0 Å². The SMILES string of the molecule is O=C(NCCO)C1=C[C@H](Oc2ccccc2I)[C@@H](O)[C@H](N(Cc2ccccc2)C(=O)C2CCCO2)C1. The second-order valence-electron chi connectivity index (χ2n) is 8.90. The summed E-state index contributed by atoms with van der Waals surface area (Å²) in [4.78, 5) is 28.2. The van der Waals surface area contributed by atoms with Crippen molar-refractivity contribution in [3.8, 4) is 5.75 Å². The summed E-state index contributed by atoms with van der Waals surface area (Å²) in [5.74, 6) is 0.0150. The number of aliphatic hydroxyl groups is 2. The first-order valence-corrected chi connectivity index (χ1v) is 13.2. The number of carbonyl (C=O) groups excluding carboxylic acids is 2. The van der Waals surface area contributed by atoms with Gasteiger partial charge in [0.25, 0.3) is 5.91 Å². The molecule has 2 aromatic carbocycles. The quantitative estimate of drug-likeness (QED) is 0.379. The molecule has 0 bridgehead atoms. The van der Waals surface area contributed by atoms with Crippen molar-refractivity contribution >= 4 is 34.4 Å². The summed E-state index contributed by atoms with van der Waals surface area (Å²) in [6, 6.07) is 16.3. The maximum absolute atomic E-state index is 13.7. The topological polar surface area (TPSA) is 108 Å². The van der Waals surface area contributed by atoms with E-state index in [-0.39, 0.29) is 37.9 Å². The molecule has 0 spiro atoms. The number of benzene rings is 2. The molecule has 1 unspecified atom stereocenters.